The van der Waals surface area contributed by atoms with Crippen LogP contribution in [-0.4, -0.2) is 16.4 Å². The molecule has 1 saturated carbocycles. The van der Waals surface area contributed by atoms with Crippen molar-refractivity contribution in [3.05, 3.63) is 0 Å². The van der Waals surface area contributed by atoms with Crippen LogP contribution in [0.4, 0.5) is 0 Å². The molecule has 0 bridgehead atoms. The van der Waals surface area contributed by atoms with Crippen LogP contribution in [0.3, 0.4) is 0 Å². The molecule has 1 rings (SSSR count). The largest absolute Gasteiger partial charge is 0.481 e. The van der Waals surface area contributed by atoms with Gasteiger partial charge in [-0.25, -0.2) is 0 Å². The number of halogens is 1. The molecule has 9 heavy (non-hydrogen) atoms. The lowest BCUT2D eigenvalue weighted by molar-refractivity contribution is -0.137. The van der Waals surface area contributed by atoms with Gasteiger partial charge in [0.05, 0.1) is 0 Å². The van der Waals surface area contributed by atoms with Crippen molar-refractivity contribution in [3.63, 3.8) is 0 Å². The van der Waals surface area contributed by atoms with Gasteiger partial charge < -0.3 is 5.11 Å². The first kappa shape index (κ1) is 7.06. The van der Waals surface area contributed by atoms with E-state index in [1.165, 1.54) is 0 Å². The molecule has 0 aromatic heterocycles. The van der Waals surface area contributed by atoms with Crippen LogP contribution in [-0.2, 0) is 4.79 Å². The molecule has 0 radical (unpaired) electrons. The number of alkyl halides is 1. The van der Waals surface area contributed by atoms with Crippen LogP contribution in [0.2, 0.25) is 0 Å². The summed E-state index contributed by atoms with van der Waals surface area (Å²) in [5.41, 5.74) is 0. The number of hydrogen-bond donors (Lipinski definition) is 1. The summed E-state index contributed by atoms with van der Waals surface area (Å²) in [6, 6.07) is 0. The Balaban J connectivity index is 2.12. The summed E-state index contributed by atoms with van der Waals surface area (Å²) in [6.07, 6.45) is 1.45. The van der Waals surface area contributed by atoms with Gasteiger partial charge in [-0.3, -0.25) is 4.79 Å². The maximum absolute atomic E-state index is 10.1. The minimum Gasteiger partial charge on any atom is -0.481 e. The van der Waals surface area contributed by atoms with Crippen molar-refractivity contribution in [1.29, 1.82) is 0 Å². The summed E-state index contributed by atoms with van der Waals surface area (Å²) in [6.45, 7) is 0. The topological polar surface area (TPSA) is 37.3 Å². The van der Waals surface area contributed by atoms with E-state index < -0.39 is 5.97 Å². The molecule has 52 valence electrons. The smallest absolute Gasteiger partial charge is 0.303 e. The molecule has 1 N–H and O–H groups in total. The third-order valence-electron chi connectivity index (χ3n) is 1.70. The third-order valence-corrected chi connectivity index (χ3v) is 2.54. The Bertz CT molecular complexity index is 124. The highest BCUT2D eigenvalue weighted by molar-refractivity contribution is 9.09. The second-order valence-corrected chi connectivity index (χ2v) is 3.16. The van der Waals surface area contributed by atoms with Crippen molar-refractivity contribution in [1.82, 2.24) is 0 Å². The highest BCUT2D eigenvalue weighted by Crippen LogP contribution is 2.42. The van der Waals surface area contributed by atoms with Gasteiger partial charge in [-0.1, -0.05) is 15.9 Å². The van der Waals surface area contributed by atoms with E-state index in [0.29, 0.717) is 18.3 Å². The monoisotopic (exact) mass is 192 g/mol. The minimum atomic E-state index is -0.663. The highest BCUT2D eigenvalue weighted by Gasteiger charge is 2.37. The number of rotatable bonds is 3. The van der Waals surface area contributed by atoms with E-state index in [0.717, 1.165) is 11.8 Å². The fourth-order valence-corrected chi connectivity index (χ4v) is 1.77. The molecular formula is C6H9BrO2. The van der Waals surface area contributed by atoms with Crippen molar-refractivity contribution in [2.24, 2.45) is 11.8 Å². The Morgan fingerprint density at radius 2 is 2.33 bits per heavy atom. The van der Waals surface area contributed by atoms with Gasteiger partial charge in [0, 0.05) is 11.8 Å². The first-order valence-corrected chi connectivity index (χ1v) is 4.14. The lowest BCUT2D eigenvalue weighted by Crippen LogP contribution is -1.96. The van der Waals surface area contributed by atoms with Crippen molar-refractivity contribution in [3.8, 4) is 0 Å². The first-order valence-electron chi connectivity index (χ1n) is 3.01. The second kappa shape index (κ2) is 2.69. The van der Waals surface area contributed by atoms with Crippen molar-refractivity contribution >= 4 is 21.9 Å². The van der Waals surface area contributed by atoms with Crippen molar-refractivity contribution in [2.45, 2.75) is 12.8 Å². The molecule has 0 saturated heterocycles. The zero-order valence-electron chi connectivity index (χ0n) is 5.01. The van der Waals surface area contributed by atoms with E-state index in [2.05, 4.69) is 15.9 Å². The Kier molecular flexibility index (Phi) is 2.11. The zero-order chi connectivity index (χ0) is 6.85. The third kappa shape index (κ3) is 1.97. The fraction of sp³-hybridized carbons (Fsp3) is 0.833. The summed E-state index contributed by atoms with van der Waals surface area (Å²) >= 11 is 3.31. The molecule has 2 atom stereocenters. The Hall–Kier alpha value is -0.0500. The Labute approximate surface area is 62.4 Å². The van der Waals surface area contributed by atoms with Gasteiger partial charge in [0.1, 0.15) is 0 Å². The molecule has 1 aliphatic rings. The molecule has 0 aromatic rings. The molecule has 3 heteroatoms. The Morgan fingerprint density at radius 3 is 2.67 bits per heavy atom. The van der Waals surface area contributed by atoms with Crippen molar-refractivity contribution < 1.29 is 9.90 Å². The summed E-state index contributed by atoms with van der Waals surface area (Å²) in [4.78, 5) is 10.1. The van der Waals surface area contributed by atoms with E-state index in [9.17, 15) is 4.79 Å². The molecule has 0 heterocycles. The normalized spacial score (nSPS) is 32.1. The van der Waals surface area contributed by atoms with E-state index in [1.807, 2.05) is 0 Å². The van der Waals surface area contributed by atoms with Gasteiger partial charge in [-0.05, 0) is 18.3 Å². The molecule has 2 unspecified atom stereocenters. The fourth-order valence-electron chi connectivity index (χ4n) is 0.974. The molecule has 0 aromatic carbocycles. The van der Waals surface area contributed by atoms with Crippen LogP contribution < -0.4 is 0 Å². The average molecular weight is 193 g/mol. The van der Waals surface area contributed by atoms with Crippen LogP contribution in [0.25, 0.3) is 0 Å². The van der Waals surface area contributed by atoms with E-state index in [1.54, 1.807) is 0 Å². The van der Waals surface area contributed by atoms with E-state index in [-0.39, 0.29) is 0 Å². The van der Waals surface area contributed by atoms with E-state index in [4.69, 9.17) is 5.11 Å². The number of hydrogen-bond acceptors (Lipinski definition) is 1. The predicted molar refractivity (Wildman–Crippen MR) is 37.6 cm³/mol. The Morgan fingerprint density at radius 1 is 1.67 bits per heavy atom. The average Bonchev–Trinajstić information content (AvgIpc) is 2.45. The molecule has 0 spiro atoms. The maximum atomic E-state index is 10.1. The maximum Gasteiger partial charge on any atom is 0.303 e. The molecule has 0 amide bonds. The quantitative estimate of drug-likeness (QED) is 0.689. The lowest BCUT2D eigenvalue weighted by Gasteiger charge is -1.88. The lowest BCUT2D eigenvalue weighted by atomic mass is 10.2. The number of carbonyl (C=O) groups is 1. The number of aliphatic carboxylic acids is 1. The van der Waals surface area contributed by atoms with Gasteiger partial charge in [0.15, 0.2) is 0 Å². The van der Waals surface area contributed by atoms with Gasteiger partial charge in [-0.2, -0.15) is 0 Å². The summed E-state index contributed by atoms with van der Waals surface area (Å²) in [5, 5.41) is 9.29. The van der Waals surface area contributed by atoms with Crippen LogP contribution in [0, 0.1) is 11.8 Å². The summed E-state index contributed by atoms with van der Waals surface area (Å²) < 4.78 is 0. The first-order chi connectivity index (χ1) is 4.24. The van der Waals surface area contributed by atoms with Crippen LogP contribution in [0.15, 0.2) is 0 Å². The van der Waals surface area contributed by atoms with Crippen molar-refractivity contribution in [2.75, 3.05) is 5.33 Å². The van der Waals surface area contributed by atoms with Gasteiger partial charge in [0.2, 0.25) is 0 Å². The van der Waals surface area contributed by atoms with Crippen LogP contribution >= 0.6 is 15.9 Å². The van der Waals surface area contributed by atoms with Crippen LogP contribution in [0.1, 0.15) is 12.8 Å². The molecule has 0 aliphatic heterocycles. The molecular weight excluding hydrogens is 184 g/mol. The molecule has 1 aliphatic carbocycles. The number of carboxylic acids is 1. The van der Waals surface area contributed by atoms with Gasteiger partial charge in [-0.15, -0.1) is 0 Å². The highest BCUT2D eigenvalue weighted by atomic mass is 79.9. The standard InChI is InChI=1S/C6H9BrO2/c7-3-5-1-4(5)2-6(8)9/h4-5H,1-3H2,(H,8,9). The summed E-state index contributed by atoms with van der Waals surface area (Å²) in [7, 11) is 0. The minimum absolute atomic E-state index is 0.357. The van der Waals surface area contributed by atoms with E-state index >= 15 is 0 Å². The SMILES string of the molecule is O=C(O)CC1CC1CBr. The molecule has 2 nitrogen and oxygen atoms in total. The predicted octanol–water partition coefficient (Wildman–Crippen LogP) is 1.49. The summed E-state index contributed by atoms with van der Waals surface area (Å²) in [5.74, 6) is 0.437. The van der Waals surface area contributed by atoms with Crippen LogP contribution in [0.5, 0.6) is 0 Å². The van der Waals surface area contributed by atoms with Gasteiger partial charge in [0.25, 0.3) is 0 Å². The molecule has 1 fully saturated rings. The second-order valence-electron chi connectivity index (χ2n) is 2.51. The van der Waals surface area contributed by atoms with Gasteiger partial charge >= 0.3 is 5.97 Å². The number of carboxylic acid groups (broad SMARTS) is 1. The zero-order valence-corrected chi connectivity index (χ0v) is 6.60.